The molecule has 1 amide bonds. The van der Waals surface area contributed by atoms with Gasteiger partial charge in [0.05, 0.1) is 0 Å². The van der Waals surface area contributed by atoms with Crippen molar-refractivity contribution in [1.82, 2.24) is 0 Å². The van der Waals surface area contributed by atoms with E-state index in [1.807, 2.05) is 19.1 Å². The number of nitrogens with two attached hydrogens (primary N) is 1. The van der Waals surface area contributed by atoms with Crippen LogP contribution in [0.3, 0.4) is 0 Å². The maximum Gasteiger partial charge on any atom is 0.248 e. The second-order valence-electron chi connectivity index (χ2n) is 4.49. The standard InChI is InChI=1S/C16H16N2O2/c1-11-10-14(19)7-8-15(11)18-16(20)9-4-12-2-5-13(17)6-3-12/h2-10,19H,17H2,1H3,(H,18,20)/b9-4+. The summed E-state index contributed by atoms with van der Waals surface area (Å²) in [5.41, 5.74) is 8.66. The number of hydrogen-bond acceptors (Lipinski definition) is 3. The summed E-state index contributed by atoms with van der Waals surface area (Å²) in [4.78, 5) is 11.8. The smallest absolute Gasteiger partial charge is 0.248 e. The van der Waals surface area contributed by atoms with E-state index in [0.717, 1.165) is 11.1 Å². The quantitative estimate of drug-likeness (QED) is 0.455. The number of nitrogens with one attached hydrogen (secondary N) is 1. The maximum atomic E-state index is 11.8. The first-order valence-corrected chi connectivity index (χ1v) is 6.19. The van der Waals surface area contributed by atoms with Crippen LogP contribution in [0.1, 0.15) is 11.1 Å². The van der Waals surface area contributed by atoms with Gasteiger partial charge in [-0.15, -0.1) is 0 Å². The van der Waals surface area contributed by atoms with Gasteiger partial charge in [-0.1, -0.05) is 12.1 Å². The number of aromatic hydroxyl groups is 1. The molecule has 2 aromatic carbocycles. The maximum absolute atomic E-state index is 11.8. The molecule has 0 aliphatic rings. The predicted octanol–water partition coefficient (Wildman–Crippen LogP) is 2.93. The lowest BCUT2D eigenvalue weighted by atomic mass is 10.2. The van der Waals surface area contributed by atoms with Crippen molar-refractivity contribution in [1.29, 1.82) is 0 Å². The highest BCUT2D eigenvalue weighted by atomic mass is 16.3. The molecule has 4 nitrogen and oxygen atoms in total. The van der Waals surface area contributed by atoms with Gasteiger partial charge in [0.2, 0.25) is 5.91 Å². The Kier molecular flexibility index (Phi) is 4.05. The van der Waals surface area contributed by atoms with Crippen molar-refractivity contribution in [2.24, 2.45) is 0 Å². The first-order valence-electron chi connectivity index (χ1n) is 6.19. The number of phenolic OH excluding ortho intramolecular Hbond substituents is 1. The van der Waals surface area contributed by atoms with E-state index in [2.05, 4.69) is 5.32 Å². The first kappa shape index (κ1) is 13.7. The van der Waals surface area contributed by atoms with E-state index in [0.29, 0.717) is 11.4 Å². The van der Waals surface area contributed by atoms with Crippen LogP contribution in [0.15, 0.2) is 48.5 Å². The van der Waals surface area contributed by atoms with Gasteiger partial charge in [0.15, 0.2) is 0 Å². The van der Waals surface area contributed by atoms with Crippen LogP contribution in [0, 0.1) is 6.92 Å². The molecule has 0 saturated carbocycles. The van der Waals surface area contributed by atoms with E-state index in [4.69, 9.17) is 5.73 Å². The SMILES string of the molecule is Cc1cc(O)ccc1NC(=O)/C=C/c1ccc(N)cc1. The molecule has 0 heterocycles. The minimum Gasteiger partial charge on any atom is -0.508 e. The molecule has 0 saturated heterocycles. The molecule has 0 aliphatic carbocycles. The number of amides is 1. The van der Waals surface area contributed by atoms with Crippen molar-refractivity contribution in [2.45, 2.75) is 6.92 Å². The van der Waals surface area contributed by atoms with Gasteiger partial charge < -0.3 is 16.2 Å². The van der Waals surface area contributed by atoms with Gasteiger partial charge >= 0.3 is 0 Å². The fourth-order valence-electron chi connectivity index (χ4n) is 1.74. The molecule has 20 heavy (non-hydrogen) atoms. The van der Waals surface area contributed by atoms with Gasteiger partial charge in [-0.05, 0) is 54.5 Å². The molecular formula is C16H16N2O2. The summed E-state index contributed by atoms with van der Waals surface area (Å²) in [6, 6.07) is 12.0. The average molecular weight is 268 g/mol. The first-order chi connectivity index (χ1) is 9.54. The van der Waals surface area contributed by atoms with Crippen molar-refractivity contribution in [2.75, 3.05) is 11.1 Å². The van der Waals surface area contributed by atoms with Crippen LogP contribution in [-0.4, -0.2) is 11.0 Å². The number of rotatable bonds is 3. The molecular weight excluding hydrogens is 252 g/mol. The minimum absolute atomic E-state index is 0.179. The van der Waals surface area contributed by atoms with Crippen molar-refractivity contribution >= 4 is 23.4 Å². The number of carbonyl (C=O) groups is 1. The molecule has 0 unspecified atom stereocenters. The molecule has 0 aromatic heterocycles. The number of carbonyl (C=O) groups excluding carboxylic acids is 1. The molecule has 4 heteroatoms. The second kappa shape index (κ2) is 5.93. The van der Waals surface area contributed by atoms with Gasteiger partial charge in [-0.3, -0.25) is 4.79 Å². The van der Waals surface area contributed by atoms with Crippen molar-refractivity contribution in [3.8, 4) is 5.75 Å². The van der Waals surface area contributed by atoms with Gasteiger partial charge in [-0.25, -0.2) is 0 Å². The van der Waals surface area contributed by atoms with Gasteiger partial charge in [0.25, 0.3) is 0 Å². The lowest BCUT2D eigenvalue weighted by molar-refractivity contribution is -0.111. The zero-order chi connectivity index (χ0) is 14.5. The topological polar surface area (TPSA) is 75.3 Å². The number of benzene rings is 2. The van der Waals surface area contributed by atoms with Crippen LogP contribution in [0.25, 0.3) is 6.08 Å². The molecule has 0 radical (unpaired) electrons. The van der Waals surface area contributed by atoms with Crippen LogP contribution >= 0.6 is 0 Å². The Hall–Kier alpha value is -2.75. The summed E-state index contributed by atoms with van der Waals surface area (Å²) in [7, 11) is 0. The second-order valence-corrected chi connectivity index (χ2v) is 4.49. The summed E-state index contributed by atoms with van der Waals surface area (Å²) in [6.07, 6.45) is 3.17. The number of nitrogen functional groups attached to an aromatic ring is 1. The molecule has 102 valence electrons. The summed E-state index contributed by atoms with van der Waals surface area (Å²) in [6.45, 7) is 1.82. The monoisotopic (exact) mass is 268 g/mol. The van der Waals surface area contributed by atoms with E-state index in [9.17, 15) is 9.90 Å². The number of phenols is 1. The largest absolute Gasteiger partial charge is 0.508 e. The normalized spacial score (nSPS) is 10.7. The Morgan fingerprint density at radius 1 is 1.20 bits per heavy atom. The van der Waals surface area contributed by atoms with Crippen LogP contribution in [0.5, 0.6) is 5.75 Å². The predicted molar refractivity (Wildman–Crippen MR) is 81.4 cm³/mol. The average Bonchev–Trinajstić information content (AvgIpc) is 2.41. The Labute approximate surface area is 117 Å². The number of hydrogen-bond donors (Lipinski definition) is 3. The molecule has 4 N–H and O–H groups in total. The van der Waals surface area contributed by atoms with Gasteiger partial charge in [0.1, 0.15) is 5.75 Å². The molecule has 2 rings (SSSR count). The van der Waals surface area contributed by atoms with E-state index in [1.165, 1.54) is 12.1 Å². The Balaban J connectivity index is 2.03. The van der Waals surface area contributed by atoms with Crippen molar-refractivity contribution in [3.63, 3.8) is 0 Å². The summed E-state index contributed by atoms with van der Waals surface area (Å²) < 4.78 is 0. The van der Waals surface area contributed by atoms with Gasteiger partial charge in [0, 0.05) is 17.5 Å². The highest BCUT2D eigenvalue weighted by Crippen LogP contribution is 2.20. The van der Waals surface area contributed by atoms with Crippen LogP contribution in [0.4, 0.5) is 11.4 Å². The van der Waals surface area contributed by atoms with E-state index >= 15 is 0 Å². The third kappa shape index (κ3) is 3.62. The van der Waals surface area contributed by atoms with Gasteiger partial charge in [-0.2, -0.15) is 0 Å². The molecule has 0 spiro atoms. The summed E-state index contributed by atoms with van der Waals surface area (Å²) in [5, 5.41) is 12.1. The minimum atomic E-state index is -0.226. The lowest BCUT2D eigenvalue weighted by Gasteiger charge is -2.06. The highest BCUT2D eigenvalue weighted by molar-refractivity contribution is 6.02. The lowest BCUT2D eigenvalue weighted by Crippen LogP contribution is -2.08. The van der Waals surface area contributed by atoms with Crippen molar-refractivity contribution < 1.29 is 9.90 Å². The van der Waals surface area contributed by atoms with Crippen LogP contribution in [0.2, 0.25) is 0 Å². The Morgan fingerprint density at radius 2 is 1.90 bits per heavy atom. The molecule has 2 aromatic rings. The van der Waals surface area contributed by atoms with Crippen molar-refractivity contribution in [3.05, 3.63) is 59.7 Å². The Bertz CT molecular complexity index is 646. The molecule has 0 bridgehead atoms. The fraction of sp³-hybridized carbons (Fsp3) is 0.0625. The van der Waals surface area contributed by atoms with E-state index in [1.54, 1.807) is 30.3 Å². The van der Waals surface area contributed by atoms with E-state index in [-0.39, 0.29) is 11.7 Å². The van der Waals surface area contributed by atoms with Crippen LogP contribution < -0.4 is 11.1 Å². The van der Waals surface area contributed by atoms with Crippen LogP contribution in [-0.2, 0) is 4.79 Å². The fourth-order valence-corrected chi connectivity index (χ4v) is 1.74. The number of anilines is 2. The highest BCUT2D eigenvalue weighted by Gasteiger charge is 2.02. The number of aryl methyl sites for hydroxylation is 1. The molecule has 0 atom stereocenters. The molecule has 0 fully saturated rings. The van der Waals surface area contributed by atoms with E-state index < -0.39 is 0 Å². The summed E-state index contributed by atoms with van der Waals surface area (Å²) >= 11 is 0. The third-order valence-corrected chi connectivity index (χ3v) is 2.83. The summed E-state index contributed by atoms with van der Waals surface area (Å²) in [5.74, 6) is -0.0477. The molecule has 0 aliphatic heterocycles. The zero-order valence-corrected chi connectivity index (χ0v) is 11.1. The Morgan fingerprint density at radius 3 is 2.55 bits per heavy atom. The zero-order valence-electron chi connectivity index (χ0n) is 11.1. The third-order valence-electron chi connectivity index (χ3n) is 2.83.